The average Bonchev–Trinajstić information content (AvgIpc) is 2.74. The molecule has 30 heavy (non-hydrogen) atoms. The van der Waals surface area contributed by atoms with Crippen molar-refractivity contribution in [1.29, 1.82) is 0 Å². The van der Waals surface area contributed by atoms with Crippen LogP contribution in [0.1, 0.15) is 30.9 Å². The van der Waals surface area contributed by atoms with E-state index in [4.69, 9.17) is 0 Å². The largest absolute Gasteiger partial charge is 0.326 e. The summed E-state index contributed by atoms with van der Waals surface area (Å²) in [5.74, 6) is -0.406. The summed E-state index contributed by atoms with van der Waals surface area (Å²) in [7, 11) is -3.87. The number of aryl methyl sites for hydroxylation is 2. The van der Waals surface area contributed by atoms with Gasteiger partial charge in [-0.2, -0.15) is 4.31 Å². The summed E-state index contributed by atoms with van der Waals surface area (Å²) in [5.41, 5.74) is 2.10. The fourth-order valence-electron chi connectivity index (χ4n) is 3.55. The van der Waals surface area contributed by atoms with E-state index in [0.717, 1.165) is 18.2 Å². The van der Waals surface area contributed by atoms with Gasteiger partial charge in [0, 0.05) is 36.8 Å². The van der Waals surface area contributed by atoms with Crippen molar-refractivity contribution in [2.24, 2.45) is 5.92 Å². The summed E-state index contributed by atoms with van der Waals surface area (Å²) in [4.78, 5) is 22.9. The van der Waals surface area contributed by atoms with Crippen LogP contribution in [-0.4, -0.2) is 36.6 Å². The number of amides is 1. The van der Waals surface area contributed by atoms with Gasteiger partial charge in [-0.3, -0.25) is 14.9 Å². The highest BCUT2D eigenvalue weighted by Gasteiger charge is 2.33. The van der Waals surface area contributed by atoms with Crippen LogP contribution in [-0.2, 0) is 21.2 Å². The van der Waals surface area contributed by atoms with Gasteiger partial charge in [0.25, 0.3) is 5.69 Å². The number of benzene rings is 2. The first kappa shape index (κ1) is 21.9. The van der Waals surface area contributed by atoms with Gasteiger partial charge in [-0.1, -0.05) is 25.1 Å². The van der Waals surface area contributed by atoms with Gasteiger partial charge in [0.1, 0.15) is 0 Å². The number of non-ortho nitro benzene ring substituents is 1. The Labute approximate surface area is 176 Å². The van der Waals surface area contributed by atoms with E-state index in [-0.39, 0.29) is 35.5 Å². The van der Waals surface area contributed by atoms with Crippen molar-refractivity contribution in [2.45, 2.75) is 38.0 Å². The Kier molecular flexibility index (Phi) is 6.52. The fourth-order valence-corrected chi connectivity index (χ4v) is 5.26. The quantitative estimate of drug-likeness (QED) is 0.556. The Morgan fingerprint density at radius 1 is 1.17 bits per heavy atom. The van der Waals surface area contributed by atoms with E-state index in [0.29, 0.717) is 18.4 Å². The van der Waals surface area contributed by atoms with Gasteiger partial charge in [-0.15, -0.1) is 0 Å². The Morgan fingerprint density at radius 3 is 2.37 bits per heavy atom. The van der Waals surface area contributed by atoms with Crippen LogP contribution in [0.5, 0.6) is 0 Å². The number of nitro groups is 1. The molecule has 1 fully saturated rings. The molecule has 0 spiro atoms. The van der Waals surface area contributed by atoms with Crippen LogP contribution < -0.4 is 5.32 Å². The van der Waals surface area contributed by atoms with E-state index in [1.807, 2.05) is 24.3 Å². The molecule has 1 amide bonds. The molecule has 1 N–H and O–H groups in total. The lowest BCUT2D eigenvalue weighted by molar-refractivity contribution is -0.385. The number of nitrogens with zero attached hydrogens (tertiary/aromatic N) is 2. The Morgan fingerprint density at radius 2 is 1.80 bits per heavy atom. The molecular formula is C21H25N3O5S. The first-order chi connectivity index (χ1) is 14.2. The SMILES string of the molecule is CCc1ccc(NC(=O)C2CCN(S(=O)(=O)c3cc([N+](=O)[O-])ccc3C)CC2)cc1. The highest BCUT2D eigenvalue weighted by molar-refractivity contribution is 7.89. The predicted octanol–water partition coefficient (Wildman–Crippen LogP) is 3.51. The first-order valence-corrected chi connectivity index (χ1v) is 11.3. The topological polar surface area (TPSA) is 110 Å². The minimum Gasteiger partial charge on any atom is -0.326 e. The standard InChI is InChI=1S/C21H25N3O5S/c1-3-16-5-7-18(8-6-16)22-21(25)17-10-12-23(13-11-17)30(28,29)20-14-19(24(26)27)9-4-15(20)2/h4-9,14,17H,3,10-13H2,1-2H3,(H,22,25). The molecule has 0 aromatic heterocycles. The molecule has 1 heterocycles. The average molecular weight is 432 g/mol. The van der Waals surface area contributed by atoms with Crippen LogP contribution in [0.2, 0.25) is 0 Å². The molecule has 2 aromatic rings. The zero-order valence-electron chi connectivity index (χ0n) is 17.0. The molecule has 160 valence electrons. The maximum atomic E-state index is 13.0. The number of carbonyl (C=O) groups excluding carboxylic acids is 1. The molecule has 1 aliphatic heterocycles. The smallest absolute Gasteiger partial charge is 0.270 e. The molecule has 1 saturated heterocycles. The Hall–Kier alpha value is -2.78. The summed E-state index contributed by atoms with van der Waals surface area (Å²) in [6, 6.07) is 11.5. The van der Waals surface area contributed by atoms with E-state index in [1.54, 1.807) is 6.92 Å². The molecule has 0 atom stereocenters. The van der Waals surface area contributed by atoms with Gasteiger partial charge in [0.05, 0.1) is 9.82 Å². The van der Waals surface area contributed by atoms with Gasteiger partial charge in [-0.05, 0) is 49.4 Å². The third-order valence-electron chi connectivity index (χ3n) is 5.45. The summed E-state index contributed by atoms with van der Waals surface area (Å²) >= 11 is 0. The number of anilines is 1. The van der Waals surface area contributed by atoms with Crippen molar-refractivity contribution < 1.29 is 18.1 Å². The molecule has 0 unspecified atom stereocenters. The summed E-state index contributed by atoms with van der Waals surface area (Å²) < 4.78 is 27.3. The lowest BCUT2D eigenvalue weighted by Gasteiger charge is -2.30. The molecule has 2 aromatic carbocycles. The van der Waals surface area contributed by atoms with Crippen molar-refractivity contribution in [3.63, 3.8) is 0 Å². The van der Waals surface area contributed by atoms with Crippen molar-refractivity contribution in [3.8, 4) is 0 Å². The molecule has 9 heteroatoms. The summed E-state index contributed by atoms with van der Waals surface area (Å²) in [6.07, 6.45) is 1.71. The molecule has 0 saturated carbocycles. The van der Waals surface area contributed by atoms with Gasteiger partial charge >= 0.3 is 0 Å². The van der Waals surface area contributed by atoms with Crippen LogP contribution in [0.4, 0.5) is 11.4 Å². The van der Waals surface area contributed by atoms with E-state index < -0.39 is 14.9 Å². The second kappa shape index (κ2) is 8.93. The third kappa shape index (κ3) is 4.68. The lowest BCUT2D eigenvalue weighted by atomic mass is 9.97. The molecular weight excluding hydrogens is 406 g/mol. The molecule has 8 nitrogen and oxygen atoms in total. The minimum atomic E-state index is -3.87. The summed E-state index contributed by atoms with van der Waals surface area (Å²) in [5, 5.41) is 13.9. The van der Waals surface area contributed by atoms with Crippen molar-refractivity contribution in [3.05, 3.63) is 63.7 Å². The van der Waals surface area contributed by atoms with E-state index in [2.05, 4.69) is 12.2 Å². The maximum Gasteiger partial charge on any atom is 0.270 e. The number of piperidine rings is 1. The minimum absolute atomic E-state index is 0.0596. The van der Waals surface area contributed by atoms with Crippen LogP contribution in [0.3, 0.4) is 0 Å². The zero-order valence-corrected chi connectivity index (χ0v) is 17.8. The zero-order chi connectivity index (χ0) is 21.9. The number of rotatable bonds is 6. The van der Waals surface area contributed by atoms with Crippen LogP contribution in [0, 0.1) is 23.0 Å². The van der Waals surface area contributed by atoms with Crippen molar-refractivity contribution >= 4 is 27.3 Å². The van der Waals surface area contributed by atoms with Crippen LogP contribution in [0.25, 0.3) is 0 Å². The van der Waals surface area contributed by atoms with E-state index in [9.17, 15) is 23.3 Å². The van der Waals surface area contributed by atoms with Crippen LogP contribution in [0.15, 0.2) is 47.4 Å². The molecule has 3 rings (SSSR count). The van der Waals surface area contributed by atoms with Crippen molar-refractivity contribution in [1.82, 2.24) is 4.31 Å². The first-order valence-electron chi connectivity index (χ1n) is 9.87. The molecule has 0 radical (unpaired) electrons. The molecule has 0 bridgehead atoms. The van der Waals surface area contributed by atoms with Gasteiger partial charge in [0.2, 0.25) is 15.9 Å². The number of hydrogen-bond donors (Lipinski definition) is 1. The number of carbonyl (C=O) groups is 1. The highest BCUT2D eigenvalue weighted by Crippen LogP contribution is 2.28. The number of nitro benzene ring substituents is 1. The van der Waals surface area contributed by atoms with E-state index >= 15 is 0 Å². The molecule has 0 aliphatic carbocycles. The number of hydrogen-bond acceptors (Lipinski definition) is 5. The Bertz CT molecular complexity index is 1040. The highest BCUT2D eigenvalue weighted by atomic mass is 32.2. The van der Waals surface area contributed by atoms with Gasteiger partial charge in [-0.25, -0.2) is 8.42 Å². The predicted molar refractivity (Wildman–Crippen MR) is 114 cm³/mol. The lowest BCUT2D eigenvalue weighted by Crippen LogP contribution is -2.41. The third-order valence-corrected chi connectivity index (χ3v) is 7.50. The van der Waals surface area contributed by atoms with Crippen LogP contribution >= 0.6 is 0 Å². The second-order valence-corrected chi connectivity index (χ2v) is 9.33. The Balaban J connectivity index is 1.66. The number of sulfonamides is 1. The van der Waals surface area contributed by atoms with Crippen molar-refractivity contribution in [2.75, 3.05) is 18.4 Å². The number of nitrogens with one attached hydrogen (secondary N) is 1. The van der Waals surface area contributed by atoms with Gasteiger partial charge < -0.3 is 5.32 Å². The monoisotopic (exact) mass is 431 g/mol. The summed E-state index contributed by atoms with van der Waals surface area (Å²) in [6.45, 7) is 4.06. The van der Waals surface area contributed by atoms with E-state index in [1.165, 1.54) is 22.0 Å². The fraction of sp³-hybridized carbons (Fsp3) is 0.381. The second-order valence-electron chi connectivity index (χ2n) is 7.42. The normalized spacial score (nSPS) is 15.7. The maximum absolute atomic E-state index is 13.0. The molecule has 1 aliphatic rings. The van der Waals surface area contributed by atoms with Gasteiger partial charge in [0.15, 0.2) is 0 Å².